The van der Waals surface area contributed by atoms with Crippen molar-refractivity contribution in [2.45, 2.75) is 32.7 Å². The summed E-state index contributed by atoms with van der Waals surface area (Å²) in [5.41, 5.74) is 0. The number of carbonyl (C=O) groups is 2. The highest BCUT2D eigenvalue weighted by Gasteiger charge is 2.28. The first kappa shape index (κ1) is 10.0. The Kier molecular flexibility index (Phi) is 3.28. The SMILES string of the molecule is CC(C)COC(=O)[C@H]1CCC(=O)N1. The van der Waals surface area contributed by atoms with Gasteiger partial charge in [0.05, 0.1) is 6.61 Å². The van der Waals surface area contributed by atoms with Crippen LogP contribution in [0.3, 0.4) is 0 Å². The van der Waals surface area contributed by atoms with Crippen LogP contribution >= 0.6 is 0 Å². The Balaban J connectivity index is 2.27. The first-order chi connectivity index (χ1) is 6.09. The second-order valence-electron chi connectivity index (χ2n) is 3.68. The quantitative estimate of drug-likeness (QED) is 0.650. The summed E-state index contributed by atoms with van der Waals surface area (Å²) in [6.45, 7) is 4.37. The summed E-state index contributed by atoms with van der Waals surface area (Å²) in [6, 6.07) is -0.411. The molecule has 0 bridgehead atoms. The fraction of sp³-hybridized carbons (Fsp3) is 0.778. The van der Waals surface area contributed by atoms with Crippen LogP contribution in [0.15, 0.2) is 0 Å². The predicted octanol–water partition coefficient (Wildman–Crippen LogP) is 0.464. The minimum absolute atomic E-state index is 0.0634. The van der Waals surface area contributed by atoms with E-state index in [0.717, 1.165) is 0 Å². The molecule has 1 atom stereocenters. The fourth-order valence-electron chi connectivity index (χ4n) is 1.14. The second kappa shape index (κ2) is 4.25. The van der Waals surface area contributed by atoms with Gasteiger partial charge in [-0.25, -0.2) is 4.79 Å². The van der Waals surface area contributed by atoms with Crippen LogP contribution in [0.4, 0.5) is 0 Å². The molecule has 0 saturated carbocycles. The Morgan fingerprint density at radius 2 is 2.38 bits per heavy atom. The van der Waals surface area contributed by atoms with Crippen LogP contribution in [0.1, 0.15) is 26.7 Å². The lowest BCUT2D eigenvalue weighted by Crippen LogP contribution is -2.35. The third kappa shape index (κ3) is 3.05. The van der Waals surface area contributed by atoms with Gasteiger partial charge in [0.1, 0.15) is 6.04 Å². The zero-order chi connectivity index (χ0) is 9.84. The Bertz CT molecular complexity index is 213. The summed E-state index contributed by atoms with van der Waals surface area (Å²) in [4.78, 5) is 22.0. The molecule has 0 spiro atoms. The van der Waals surface area contributed by atoms with E-state index in [9.17, 15) is 9.59 Å². The van der Waals surface area contributed by atoms with Crippen molar-refractivity contribution in [3.8, 4) is 0 Å². The second-order valence-corrected chi connectivity index (χ2v) is 3.68. The van der Waals surface area contributed by atoms with Crippen molar-refractivity contribution < 1.29 is 14.3 Å². The van der Waals surface area contributed by atoms with Crippen LogP contribution < -0.4 is 5.32 Å². The van der Waals surface area contributed by atoms with Gasteiger partial charge in [-0.1, -0.05) is 13.8 Å². The van der Waals surface area contributed by atoms with E-state index in [0.29, 0.717) is 25.4 Å². The topological polar surface area (TPSA) is 55.4 Å². The lowest BCUT2D eigenvalue weighted by molar-refractivity contribution is -0.147. The van der Waals surface area contributed by atoms with E-state index in [4.69, 9.17) is 4.74 Å². The molecule has 4 heteroatoms. The van der Waals surface area contributed by atoms with Crippen molar-refractivity contribution in [3.63, 3.8) is 0 Å². The number of rotatable bonds is 3. The lowest BCUT2D eigenvalue weighted by atomic mass is 10.2. The normalized spacial score (nSPS) is 21.8. The molecule has 4 nitrogen and oxygen atoms in total. The van der Waals surface area contributed by atoms with E-state index in [1.807, 2.05) is 13.8 Å². The molecule has 0 aliphatic carbocycles. The molecule has 74 valence electrons. The highest BCUT2D eigenvalue weighted by atomic mass is 16.5. The highest BCUT2D eigenvalue weighted by Crippen LogP contribution is 2.08. The van der Waals surface area contributed by atoms with Gasteiger partial charge in [0.25, 0.3) is 0 Å². The summed E-state index contributed by atoms with van der Waals surface area (Å²) >= 11 is 0. The van der Waals surface area contributed by atoms with Gasteiger partial charge in [-0.05, 0) is 12.3 Å². The smallest absolute Gasteiger partial charge is 0.328 e. The minimum atomic E-state index is -0.411. The van der Waals surface area contributed by atoms with Crippen LogP contribution in [0, 0.1) is 5.92 Å². The average Bonchev–Trinajstić information content (AvgIpc) is 2.47. The summed E-state index contributed by atoms with van der Waals surface area (Å²) in [5, 5.41) is 2.56. The Hall–Kier alpha value is -1.06. The number of carbonyl (C=O) groups excluding carboxylic acids is 2. The molecule has 1 amide bonds. The zero-order valence-corrected chi connectivity index (χ0v) is 8.00. The van der Waals surface area contributed by atoms with Crippen LogP contribution in [-0.2, 0) is 14.3 Å². The van der Waals surface area contributed by atoms with Crippen molar-refractivity contribution in [2.24, 2.45) is 5.92 Å². The Morgan fingerprint density at radius 1 is 1.69 bits per heavy atom. The number of amides is 1. The van der Waals surface area contributed by atoms with E-state index >= 15 is 0 Å². The molecule has 0 unspecified atom stereocenters. The highest BCUT2D eigenvalue weighted by molar-refractivity contribution is 5.87. The molecule has 13 heavy (non-hydrogen) atoms. The van der Waals surface area contributed by atoms with E-state index < -0.39 is 6.04 Å². The number of hydrogen-bond acceptors (Lipinski definition) is 3. The van der Waals surface area contributed by atoms with Crippen LogP contribution in [-0.4, -0.2) is 24.5 Å². The summed E-state index contributed by atoms with van der Waals surface area (Å²) in [6.07, 6.45) is 0.997. The van der Waals surface area contributed by atoms with Crippen molar-refractivity contribution in [3.05, 3.63) is 0 Å². The van der Waals surface area contributed by atoms with Crippen LogP contribution in [0.25, 0.3) is 0 Å². The van der Waals surface area contributed by atoms with E-state index in [2.05, 4.69) is 5.32 Å². The summed E-state index contributed by atoms with van der Waals surface area (Å²) in [7, 11) is 0. The van der Waals surface area contributed by atoms with Gasteiger partial charge in [-0.3, -0.25) is 4.79 Å². The minimum Gasteiger partial charge on any atom is -0.464 e. The molecular weight excluding hydrogens is 170 g/mol. The summed E-state index contributed by atoms with van der Waals surface area (Å²) in [5.74, 6) is -0.0351. The third-order valence-electron chi connectivity index (χ3n) is 1.84. The molecular formula is C9H15NO3. The molecule has 0 aromatic rings. The largest absolute Gasteiger partial charge is 0.464 e. The predicted molar refractivity (Wildman–Crippen MR) is 47.0 cm³/mol. The molecule has 1 aliphatic rings. The molecule has 1 rings (SSSR count). The fourth-order valence-corrected chi connectivity index (χ4v) is 1.14. The first-order valence-corrected chi connectivity index (χ1v) is 4.55. The number of nitrogens with one attached hydrogen (secondary N) is 1. The van der Waals surface area contributed by atoms with Gasteiger partial charge < -0.3 is 10.1 Å². The van der Waals surface area contributed by atoms with E-state index in [1.54, 1.807) is 0 Å². The Morgan fingerprint density at radius 3 is 2.85 bits per heavy atom. The number of hydrogen-bond donors (Lipinski definition) is 1. The first-order valence-electron chi connectivity index (χ1n) is 4.55. The molecule has 1 saturated heterocycles. The third-order valence-corrected chi connectivity index (χ3v) is 1.84. The van der Waals surface area contributed by atoms with Gasteiger partial charge in [-0.15, -0.1) is 0 Å². The maximum Gasteiger partial charge on any atom is 0.328 e. The van der Waals surface area contributed by atoms with Gasteiger partial charge in [-0.2, -0.15) is 0 Å². The van der Waals surface area contributed by atoms with Gasteiger partial charge in [0, 0.05) is 6.42 Å². The van der Waals surface area contributed by atoms with Gasteiger partial charge >= 0.3 is 5.97 Å². The molecule has 0 radical (unpaired) electrons. The van der Waals surface area contributed by atoms with Crippen molar-refractivity contribution in [1.29, 1.82) is 0 Å². The van der Waals surface area contributed by atoms with Gasteiger partial charge in [0.2, 0.25) is 5.91 Å². The van der Waals surface area contributed by atoms with Crippen molar-refractivity contribution in [1.82, 2.24) is 5.32 Å². The van der Waals surface area contributed by atoms with Crippen molar-refractivity contribution >= 4 is 11.9 Å². The van der Waals surface area contributed by atoms with E-state index in [-0.39, 0.29) is 11.9 Å². The average molecular weight is 185 g/mol. The van der Waals surface area contributed by atoms with Gasteiger partial charge in [0.15, 0.2) is 0 Å². The molecule has 1 fully saturated rings. The van der Waals surface area contributed by atoms with E-state index in [1.165, 1.54) is 0 Å². The van der Waals surface area contributed by atoms with Crippen LogP contribution in [0.5, 0.6) is 0 Å². The molecule has 0 aromatic heterocycles. The van der Waals surface area contributed by atoms with Crippen molar-refractivity contribution in [2.75, 3.05) is 6.61 Å². The zero-order valence-electron chi connectivity index (χ0n) is 8.00. The molecule has 1 N–H and O–H groups in total. The van der Waals surface area contributed by atoms with Crippen LogP contribution in [0.2, 0.25) is 0 Å². The Labute approximate surface area is 77.6 Å². The molecule has 1 aliphatic heterocycles. The maximum atomic E-state index is 11.3. The number of ether oxygens (including phenoxy) is 1. The lowest BCUT2D eigenvalue weighted by Gasteiger charge is -2.11. The molecule has 1 heterocycles. The standard InChI is InChI=1S/C9H15NO3/c1-6(2)5-13-9(12)7-3-4-8(11)10-7/h6-7H,3-5H2,1-2H3,(H,10,11)/t7-/m1/s1. The monoisotopic (exact) mass is 185 g/mol. The summed E-state index contributed by atoms with van der Waals surface area (Å²) < 4.78 is 4.98. The molecule has 0 aromatic carbocycles. The number of esters is 1. The maximum absolute atomic E-state index is 11.3.